The van der Waals surface area contributed by atoms with Gasteiger partial charge >= 0.3 is 5.97 Å². The third-order valence-corrected chi connectivity index (χ3v) is 4.09. The molecule has 0 aliphatic rings. The average Bonchev–Trinajstić information content (AvgIpc) is 2.41. The molecule has 1 amide bonds. The van der Waals surface area contributed by atoms with E-state index >= 15 is 0 Å². The summed E-state index contributed by atoms with van der Waals surface area (Å²) in [4.78, 5) is 24.7. The molecule has 1 rings (SSSR count). The van der Waals surface area contributed by atoms with E-state index in [9.17, 15) is 9.59 Å². The van der Waals surface area contributed by atoms with E-state index in [4.69, 9.17) is 5.11 Å². The standard InChI is InChI=1S/C14H19NO3S/c1-3-12(14(17)18)19-10-13(16)15(4-2)11-8-6-5-7-9-11/h5-9,12H,3-4,10H2,1-2H3,(H,17,18). The fraction of sp³-hybridized carbons (Fsp3) is 0.429. The highest BCUT2D eigenvalue weighted by atomic mass is 32.2. The van der Waals surface area contributed by atoms with Crippen molar-refractivity contribution >= 4 is 29.3 Å². The van der Waals surface area contributed by atoms with Gasteiger partial charge in [0, 0.05) is 12.2 Å². The summed E-state index contributed by atoms with van der Waals surface area (Å²) in [5.74, 6) is -0.727. The number of carboxylic acids is 1. The van der Waals surface area contributed by atoms with Crippen LogP contribution in [0.3, 0.4) is 0 Å². The molecule has 1 N–H and O–H groups in total. The summed E-state index contributed by atoms with van der Waals surface area (Å²) in [6.45, 7) is 4.29. The Morgan fingerprint density at radius 1 is 1.26 bits per heavy atom. The van der Waals surface area contributed by atoms with Crippen molar-refractivity contribution < 1.29 is 14.7 Å². The Morgan fingerprint density at radius 3 is 2.37 bits per heavy atom. The lowest BCUT2D eigenvalue weighted by atomic mass is 10.3. The Morgan fingerprint density at radius 2 is 1.89 bits per heavy atom. The Hall–Kier alpha value is -1.49. The first-order chi connectivity index (χ1) is 9.10. The quantitative estimate of drug-likeness (QED) is 0.834. The van der Waals surface area contributed by atoms with Crippen molar-refractivity contribution in [2.24, 2.45) is 0 Å². The molecule has 0 bridgehead atoms. The summed E-state index contributed by atoms with van der Waals surface area (Å²) in [6, 6.07) is 9.41. The smallest absolute Gasteiger partial charge is 0.316 e. The van der Waals surface area contributed by atoms with Crippen LogP contribution in [0.25, 0.3) is 0 Å². The van der Waals surface area contributed by atoms with Gasteiger partial charge in [0.2, 0.25) is 5.91 Å². The van der Waals surface area contributed by atoms with E-state index in [1.807, 2.05) is 44.2 Å². The maximum Gasteiger partial charge on any atom is 0.316 e. The molecule has 1 aromatic carbocycles. The monoisotopic (exact) mass is 281 g/mol. The van der Waals surface area contributed by atoms with E-state index in [-0.39, 0.29) is 11.7 Å². The van der Waals surface area contributed by atoms with E-state index in [2.05, 4.69) is 0 Å². The number of carboxylic acid groups (broad SMARTS) is 1. The highest BCUT2D eigenvalue weighted by Crippen LogP contribution is 2.18. The van der Waals surface area contributed by atoms with E-state index in [1.165, 1.54) is 11.8 Å². The number of hydrogen-bond donors (Lipinski definition) is 1. The molecule has 0 saturated carbocycles. The lowest BCUT2D eigenvalue weighted by Crippen LogP contribution is -2.33. The SMILES string of the molecule is CCC(SCC(=O)N(CC)c1ccccc1)C(=O)O. The predicted octanol–water partition coefficient (Wildman–Crippen LogP) is 2.64. The van der Waals surface area contributed by atoms with Crippen molar-refractivity contribution in [2.75, 3.05) is 17.2 Å². The first-order valence-corrected chi connectivity index (χ1v) is 7.34. The zero-order valence-electron chi connectivity index (χ0n) is 11.2. The van der Waals surface area contributed by atoms with Crippen LogP contribution in [0.4, 0.5) is 5.69 Å². The number of benzene rings is 1. The van der Waals surface area contributed by atoms with Crippen LogP contribution >= 0.6 is 11.8 Å². The van der Waals surface area contributed by atoms with Crippen molar-refractivity contribution in [1.82, 2.24) is 0 Å². The maximum absolute atomic E-state index is 12.1. The zero-order valence-corrected chi connectivity index (χ0v) is 12.0. The summed E-state index contributed by atoms with van der Waals surface area (Å²) in [7, 11) is 0. The highest BCUT2D eigenvalue weighted by molar-refractivity contribution is 8.01. The second kappa shape index (κ2) is 7.84. The van der Waals surface area contributed by atoms with Gasteiger partial charge in [0.15, 0.2) is 0 Å². The van der Waals surface area contributed by atoms with Gasteiger partial charge in [-0.2, -0.15) is 0 Å². The second-order valence-corrected chi connectivity index (χ2v) is 5.21. The number of thioether (sulfide) groups is 1. The maximum atomic E-state index is 12.1. The molecule has 0 heterocycles. The number of carbonyl (C=O) groups excluding carboxylic acids is 1. The molecular weight excluding hydrogens is 262 g/mol. The van der Waals surface area contributed by atoms with Crippen molar-refractivity contribution in [3.8, 4) is 0 Å². The molecule has 0 fully saturated rings. The van der Waals surface area contributed by atoms with Crippen LogP contribution in [0.2, 0.25) is 0 Å². The first-order valence-electron chi connectivity index (χ1n) is 6.30. The molecule has 0 aliphatic heterocycles. The second-order valence-electron chi connectivity index (χ2n) is 4.02. The molecule has 1 unspecified atom stereocenters. The number of nitrogens with zero attached hydrogens (tertiary/aromatic N) is 1. The molecule has 5 heteroatoms. The molecule has 0 saturated heterocycles. The number of anilines is 1. The van der Waals surface area contributed by atoms with Crippen LogP contribution in [-0.4, -0.2) is 34.5 Å². The van der Waals surface area contributed by atoms with Gasteiger partial charge in [0.05, 0.1) is 5.75 Å². The number of para-hydroxylation sites is 1. The topological polar surface area (TPSA) is 57.6 Å². The fourth-order valence-electron chi connectivity index (χ4n) is 1.72. The van der Waals surface area contributed by atoms with Gasteiger partial charge < -0.3 is 10.0 Å². The number of hydrogen-bond acceptors (Lipinski definition) is 3. The Balaban J connectivity index is 2.63. The molecule has 104 valence electrons. The lowest BCUT2D eigenvalue weighted by molar-refractivity contribution is -0.136. The molecule has 1 atom stereocenters. The summed E-state index contributed by atoms with van der Waals surface area (Å²) in [5, 5.41) is 8.44. The Labute approximate surface area is 117 Å². The van der Waals surface area contributed by atoms with Gasteiger partial charge in [0.1, 0.15) is 5.25 Å². The molecule has 0 radical (unpaired) electrons. The lowest BCUT2D eigenvalue weighted by Gasteiger charge is -2.21. The number of rotatable bonds is 7. The van der Waals surface area contributed by atoms with Gasteiger partial charge in [-0.3, -0.25) is 9.59 Å². The van der Waals surface area contributed by atoms with Gasteiger partial charge in [-0.1, -0.05) is 25.1 Å². The summed E-state index contributed by atoms with van der Waals surface area (Å²) < 4.78 is 0. The van der Waals surface area contributed by atoms with Crippen molar-refractivity contribution in [1.29, 1.82) is 0 Å². The largest absolute Gasteiger partial charge is 0.480 e. The Kier molecular flexibility index (Phi) is 6.42. The van der Waals surface area contributed by atoms with Crippen LogP contribution in [0.1, 0.15) is 20.3 Å². The molecule has 1 aromatic rings. The average molecular weight is 281 g/mol. The van der Waals surface area contributed by atoms with E-state index < -0.39 is 11.2 Å². The summed E-state index contributed by atoms with van der Waals surface area (Å²) >= 11 is 1.19. The highest BCUT2D eigenvalue weighted by Gasteiger charge is 2.20. The minimum Gasteiger partial charge on any atom is -0.480 e. The van der Waals surface area contributed by atoms with Crippen LogP contribution in [0.5, 0.6) is 0 Å². The van der Waals surface area contributed by atoms with Crippen LogP contribution in [-0.2, 0) is 9.59 Å². The van der Waals surface area contributed by atoms with Gasteiger partial charge in [-0.05, 0) is 25.5 Å². The molecule has 0 aromatic heterocycles. The Bertz CT molecular complexity index is 422. The van der Waals surface area contributed by atoms with Crippen LogP contribution in [0, 0.1) is 0 Å². The molecule has 4 nitrogen and oxygen atoms in total. The van der Waals surface area contributed by atoms with Crippen molar-refractivity contribution in [3.63, 3.8) is 0 Å². The molecule has 0 spiro atoms. The summed E-state index contributed by atoms with van der Waals surface area (Å²) in [6.07, 6.45) is 0.519. The van der Waals surface area contributed by atoms with Crippen LogP contribution < -0.4 is 4.90 Å². The first kappa shape index (κ1) is 15.6. The van der Waals surface area contributed by atoms with Crippen LogP contribution in [0.15, 0.2) is 30.3 Å². The predicted molar refractivity (Wildman–Crippen MR) is 78.6 cm³/mol. The zero-order chi connectivity index (χ0) is 14.3. The fourth-order valence-corrected chi connectivity index (χ4v) is 2.60. The van der Waals surface area contributed by atoms with E-state index in [0.717, 1.165) is 5.69 Å². The molecule has 0 aliphatic carbocycles. The number of amides is 1. The van der Waals surface area contributed by atoms with E-state index in [0.29, 0.717) is 13.0 Å². The van der Waals surface area contributed by atoms with Crippen molar-refractivity contribution in [2.45, 2.75) is 25.5 Å². The van der Waals surface area contributed by atoms with Crippen molar-refractivity contribution in [3.05, 3.63) is 30.3 Å². The minimum atomic E-state index is -0.858. The third-order valence-electron chi connectivity index (χ3n) is 2.74. The number of carbonyl (C=O) groups is 2. The van der Waals surface area contributed by atoms with Gasteiger partial charge in [-0.15, -0.1) is 11.8 Å². The van der Waals surface area contributed by atoms with Gasteiger partial charge in [-0.25, -0.2) is 0 Å². The summed E-state index contributed by atoms with van der Waals surface area (Å²) in [5.41, 5.74) is 0.846. The minimum absolute atomic E-state index is 0.0570. The number of aliphatic carboxylic acids is 1. The molecular formula is C14H19NO3S. The normalized spacial score (nSPS) is 11.9. The van der Waals surface area contributed by atoms with E-state index in [1.54, 1.807) is 4.90 Å². The molecule has 19 heavy (non-hydrogen) atoms. The van der Waals surface area contributed by atoms with Gasteiger partial charge in [0.25, 0.3) is 0 Å². The third kappa shape index (κ3) is 4.59.